The molecule has 2 aliphatic heterocycles. The Morgan fingerprint density at radius 3 is 2.70 bits per heavy atom. The number of nitrogens with one attached hydrogen (secondary N) is 2. The van der Waals surface area contributed by atoms with Gasteiger partial charge in [-0.3, -0.25) is 14.9 Å². The zero-order chi connectivity index (χ0) is 27.4. The first-order chi connectivity index (χ1) is 19.3. The minimum absolute atomic E-state index is 0.400. The molecule has 0 unspecified atom stereocenters. The minimum Gasteiger partial charge on any atom is -0.489 e. The fourth-order valence-corrected chi connectivity index (χ4v) is 7.36. The fraction of sp³-hybridized carbons (Fsp3) is 0.357. The largest absolute Gasteiger partial charge is 0.489 e. The molecule has 3 aliphatic rings. The Morgan fingerprint density at radius 1 is 1.02 bits per heavy atom. The molecule has 0 spiro atoms. The molecule has 1 saturated carbocycles. The number of piperazine rings is 1. The molecule has 12 heteroatoms. The number of hydrogen-bond acceptors (Lipinski definition) is 10. The molecular formula is C28H30BrN8O2P. The zero-order valence-electron chi connectivity index (χ0n) is 22.3. The molecule has 1 saturated heterocycles. The number of benzene rings is 2. The Kier molecular flexibility index (Phi) is 6.40. The lowest BCUT2D eigenvalue weighted by Gasteiger charge is -2.45. The van der Waals surface area contributed by atoms with Gasteiger partial charge in [0, 0.05) is 56.0 Å². The Bertz CT molecular complexity index is 1660. The van der Waals surface area contributed by atoms with Gasteiger partial charge in [0.25, 0.3) is 0 Å². The Labute approximate surface area is 241 Å². The highest BCUT2D eigenvalue weighted by Crippen LogP contribution is 2.42. The molecule has 2 N–H and O–H groups in total. The lowest BCUT2D eigenvalue weighted by molar-refractivity contribution is 0.161. The van der Waals surface area contributed by atoms with Gasteiger partial charge in [0.1, 0.15) is 30.8 Å². The van der Waals surface area contributed by atoms with Crippen molar-refractivity contribution in [3.8, 4) is 5.75 Å². The van der Waals surface area contributed by atoms with Crippen LogP contribution in [0.1, 0.15) is 12.8 Å². The van der Waals surface area contributed by atoms with Gasteiger partial charge in [-0.2, -0.15) is 4.98 Å². The topological polar surface area (TPSA) is 108 Å². The second-order valence-corrected chi connectivity index (χ2v) is 14.9. The van der Waals surface area contributed by atoms with Crippen LogP contribution in [0, 0.1) is 0 Å². The maximum absolute atomic E-state index is 13.3. The molecule has 4 aromatic rings. The Balaban J connectivity index is 1.13. The van der Waals surface area contributed by atoms with Gasteiger partial charge in [-0.05, 0) is 66.4 Å². The molecule has 2 aromatic carbocycles. The average molecular weight is 621 g/mol. The molecule has 2 aromatic heterocycles. The van der Waals surface area contributed by atoms with E-state index in [-0.39, 0.29) is 0 Å². The van der Waals surface area contributed by atoms with E-state index in [1.165, 1.54) is 12.8 Å². The van der Waals surface area contributed by atoms with Crippen LogP contribution in [-0.2, 0) is 4.57 Å². The third-order valence-electron chi connectivity index (χ3n) is 7.68. The standard InChI is InChI=1S/C28H30BrN8O2P/c1-40(2,38)26-22(7-6-21-25(26)31-10-9-30-21)34-27-20(29)14-32-28(35-27)33-17-3-8-23-24(13-17)39-16-19-15-36(18-4-5-18)11-12-37(19)23/h3,6-10,13-14,18-19H,4-5,11-12,15-16H2,1-2H3,(H2,32,33,34,35)/t19-/m1/s1. The van der Waals surface area contributed by atoms with Gasteiger partial charge < -0.3 is 24.8 Å². The number of anilines is 5. The van der Waals surface area contributed by atoms with Crippen molar-refractivity contribution in [3.05, 3.63) is 53.4 Å². The SMILES string of the molecule is CP(C)(=O)c1c(Nc2nc(Nc3ccc4c(c3)OC[C@H]3CN(C5CC5)CCN43)ncc2Br)ccc2nccnc12. The van der Waals surface area contributed by atoms with E-state index >= 15 is 0 Å². The lowest BCUT2D eigenvalue weighted by atomic mass is 10.1. The number of nitrogens with zero attached hydrogens (tertiary/aromatic N) is 6. The number of fused-ring (bicyclic) bond motifs is 4. The van der Waals surface area contributed by atoms with Crippen molar-refractivity contribution >= 4 is 68.2 Å². The molecule has 0 radical (unpaired) electrons. The third kappa shape index (κ3) is 4.91. The highest BCUT2D eigenvalue weighted by molar-refractivity contribution is 9.10. The summed E-state index contributed by atoms with van der Waals surface area (Å²) in [6, 6.07) is 11.1. The minimum atomic E-state index is -2.71. The second kappa shape index (κ2) is 9.98. The molecule has 10 nitrogen and oxygen atoms in total. The number of aromatic nitrogens is 4. The quantitative estimate of drug-likeness (QED) is 0.287. The first-order valence-corrected chi connectivity index (χ1v) is 16.9. The highest BCUT2D eigenvalue weighted by atomic mass is 79.9. The van der Waals surface area contributed by atoms with E-state index in [4.69, 9.17) is 9.72 Å². The zero-order valence-corrected chi connectivity index (χ0v) is 24.8. The molecule has 0 amide bonds. The van der Waals surface area contributed by atoms with Crippen molar-refractivity contribution in [2.24, 2.45) is 0 Å². The van der Waals surface area contributed by atoms with Crippen molar-refractivity contribution in [1.29, 1.82) is 0 Å². The molecule has 206 valence electrons. The molecule has 1 aliphatic carbocycles. The van der Waals surface area contributed by atoms with Crippen LogP contribution in [0.15, 0.2) is 53.4 Å². The summed E-state index contributed by atoms with van der Waals surface area (Å²) < 4.78 is 20.2. The maximum Gasteiger partial charge on any atom is 0.229 e. The smallest absolute Gasteiger partial charge is 0.229 e. The Hall–Kier alpha value is -3.27. The number of hydrogen-bond donors (Lipinski definition) is 2. The molecule has 2 fully saturated rings. The van der Waals surface area contributed by atoms with Gasteiger partial charge in [0.15, 0.2) is 0 Å². The van der Waals surface area contributed by atoms with Crippen molar-refractivity contribution in [3.63, 3.8) is 0 Å². The number of rotatable bonds is 6. The first kappa shape index (κ1) is 25.7. The van der Waals surface area contributed by atoms with Gasteiger partial charge in [-0.25, -0.2) is 4.98 Å². The van der Waals surface area contributed by atoms with Crippen LogP contribution in [0.5, 0.6) is 5.75 Å². The summed E-state index contributed by atoms with van der Waals surface area (Å²) in [5.74, 6) is 1.84. The normalized spacial score (nSPS) is 19.1. The van der Waals surface area contributed by atoms with E-state index in [9.17, 15) is 4.57 Å². The molecule has 1 atom stereocenters. The molecule has 7 rings (SSSR count). The predicted octanol–water partition coefficient (Wildman–Crippen LogP) is 4.96. The fourth-order valence-electron chi connectivity index (χ4n) is 5.68. The second-order valence-electron chi connectivity index (χ2n) is 10.9. The van der Waals surface area contributed by atoms with Crippen molar-refractivity contribution in [1.82, 2.24) is 24.8 Å². The van der Waals surface area contributed by atoms with Crippen LogP contribution < -0.4 is 25.6 Å². The summed E-state index contributed by atoms with van der Waals surface area (Å²) in [5.41, 5.74) is 3.98. The van der Waals surface area contributed by atoms with Crippen LogP contribution in [0.25, 0.3) is 11.0 Å². The average Bonchev–Trinajstić information content (AvgIpc) is 3.79. The van der Waals surface area contributed by atoms with Gasteiger partial charge in [-0.15, -0.1) is 0 Å². The van der Waals surface area contributed by atoms with E-state index in [1.54, 1.807) is 31.9 Å². The summed E-state index contributed by atoms with van der Waals surface area (Å²) >= 11 is 3.56. The summed E-state index contributed by atoms with van der Waals surface area (Å²) in [6.45, 7) is 7.37. The highest BCUT2D eigenvalue weighted by Gasteiger charge is 2.38. The monoisotopic (exact) mass is 620 g/mol. The van der Waals surface area contributed by atoms with Crippen molar-refractivity contribution < 1.29 is 9.30 Å². The predicted molar refractivity (Wildman–Crippen MR) is 163 cm³/mol. The third-order valence-corrected chi connectivity index (χ3v) is 9.79. The van der Waals surface area contributed by atoms with E-state index in [0.717, 1.165) is 42.8 Å². The van der Waals surface area contributed by atoms with Gasteiger partial charge in [0.2, 0.25) is 5.95 Å². The van der Waals surface area contributed by atoms with E-state index in [0.29, 0.717) is 50.9 Å². The summed E-state index contributed by atoms with van der Waals surface area (Å²) in [6.07, 6.45) is 7.61. The molecule has 40 heavy (non-hydrogen) atoms. The first-order valence-electron chi connectivity index (χ1n) is 13.5. The van der Waals surface area contributed by atoms with Gasteiger partial charge in [0.05, 0.1) is 32.7 Å². The van der Waals surface area contributed by atoms with Gasteiger partial charge in [-0.1, -0.05) is 0 Å². The summed E-state index contributed by atoms with van der Waals surface area (Å²) in [5, 5.41) is 7.31. The van der Waals surface area contributed by atoms with Crippen molar-refractivity contribution in [2.75, 3.05) is 55.1 Å². The van der Waals surface area contributed by atoms with Crippen LogP contribution in [0.4, 0.5) is 28.8 Å². The van der Waals surface area contributed by atoms with Crippen LogP contribution >= 0.6 is 23.1 Å². The summed E-state index contributed by atoms with van der Waals surface area (Å²) in [7, 11) is -2.71. The van der Waals surface area contributed by atoms with Crippen LogP contribution in [0.2, 0.25) is 0 Å². The van der Waals surface area contributed by atoms with E-state index in [2.05, 4.69) is 57.4 Å². The molecular weight excluding hydrogens is 591 g/mol. The van der Waals surface area contributed by atoms with E-state index in [1.807, 2.05) is 24.3 Å². The van der Waals surface area contributed by atoms with Crippen molar-refractivity contribution in [2.45, 2.75) is 24.9 Å². The molecule has 4 heterocycles. The van der Waals surface area contributed by atoms with E-state index < -0.39 is 7.14 Å². The van der Waals surface area contributed by atoms with Crippen LogP contribution in [-0.4, -0.2) is 76.5 Å². The maximum atomic E-state index is 13.3. The lowest BCUT2D eigenvalue weighted by Crippen LogP contribution is -2.57. The van der Waals surface area contributed by atoms with Gasteiger partial charge >= 0.3 is 0 Å². The summed E-state index contributed by atoms with van der Waals surface area (Å²) in [4.78, 5) is 23.1. The number of halogens is 1. The molecule has 0 bridgehead atoms. The number of ether oxygens (including phenoxy) is 1. The Morgan fingerprint density at radius 2 is 1.88 bits per heavy atom. The van der Waals surface area contributed by atoms with Crippen LogP contribution in [0.3, 0.4) is 0 Å².